The van der Waals surface area contributed by atoms with Crippen molar-refractivity contribution < 1.29 is 19.2 Å². The molecular weight excluding hydrogens is 356 g/mol. The predicted octanol–water partition coefficient (Wildman–Crippen LogP) is 4.40. The predicted molar refractivity (Wildman–Crippen MR) is 100 cm³/mol. The number of hydrogen-bond donors (Lipinski definition) is 1. The number of nitro benzene ring substituents is 1. The molecule has 7 nitrogen and oxygen atoms in total. The number of ether oxygens (including phenoxy) is 1. The molecule has 1 amide bonds. The summed E-state index contributed by atoms with van der Waals surface area (Å²) in [5, 5.41) is 14.1. The Bertz CT molecular complexity index is 886. The Morgan fingerprint density at radius 3 is 2.42 bits per heavy atom. The average Bonchev–Trinajstić information content (AvgIpc) is 2.80. The lowest BCUT2D eigenvalue weighted by molar-refractivity contribution is -0.385. The highest BCUT2D eigenvalue weighted by molar-refractivity contribution is 7.16. The molecule has 26 heavy (non-hydrogen) atoms. The number of nitrogens with zero attached hydrogens (tertiary/aromatic N) is 1. The van der Waals surface area contributed by atoms with E-state index in [-0.39, 0.29) is 22.9 Å². The Labute approximate surface area is 155 Å². The third-order valence-electron chi connectivity index (χ3n) is 3.91. The van der Waals surface area contributed by atoms with E-state index in [4.69, 9.17) is 4.74 Å². The maximum absolute atomic E-state index is 12.6. The lowest BCUT2D eigenvalue weighted by Crippen LogP contribution is -2.17. The van der Waals surface area contributed by atoms with Crippen LogP contribution < -0.4 is 5.32 Å². The molecule has 2 aromatic rings. The molecule has 0 aliphatic heterocycles. The maximum Gasteiger partial charge on any atom is 0.341 e. The van der Waals surface area contributed by atoms with Gasteiger partial charge in [0.2, 0.25) is 0 Å². The van der Waals surface area contributed by atoms with Gasteiger partial charge in [0.15, 0.2) is 0 Å². The van der Waals surface area contributed by atoms with Gasteiger partial charge in [0.05, 0.1) is 16.6 Å². The Hall–Kier alpha value is -2.74. The lowest BCUT2D eigenvalue weighted by Gasteiger charge is -2.11. The zero-order chi connectivity index (χ0) is 19.6. The Balaban J connectivity index is 2.39. The quantitative estimate of drug-likeness (QED) is 0.474. The van der Waals surface area contributed by atoms with Crippen LogP contribution in [0.1, 0.15) is 50.6 Å². The molecule has 0 atom stereocenters. The van der Waals surface area contributed by atoms with Gasteiger partial charge >= 0.3 is 5.97 Å². The molecular formula is C18H20N2O5S. The van der Waals surface area contributed by atoms with E-state index in [0.29, 0.717) is 10.6 Å². The van der Waals surface area contributed by atoms with Crippen molar-refractivity contribution in [3.05, 3.63) is 55.4 Å². The molecule has 0 radical (unpaired) electrons. The van der Waals surface area contributed by atoms with E-state index in [2.05, 4.69) is 5.32 Å². The number of benzene rings is 1. The van der Waals surface area contributed by atoms with Crippen molar-refractivity contribution in [3.8, 4) is 0 Å². The van der Waals surface area contributed by atoms with Crippen molar-refractivity contribution in [2.24, 2.45) is 0 Å². The summed E-state index contributed by atoms with van der Waals surface area (Å²) in [6.45, 7) is 8.65. The first-order valence-corrected chi connectivity index (χ1v) is 8.81. The van der Waals surface area contributed by atoms with Crippen LogP contribution in [0.2, 0.25) is 0 Å². The van der Waals surface area contributed by atoms with Crippen LogP contribution in [0.4, 0.5) is 10.7 Å². The number of amides is 1. The minimum absolute atomic E-state index is 0.129. The van der Waals surface area contributed by atoms with E-state index in [0.717, 1.165) is 10.4 Å². The summed E-state index contributed by atoms with van der Waals surface area (Å²) in [5.41, 5.74) is 1.39. The van der Waals surface area contributed by atoms with Gasteiger partial charge in [0.1, 0.15) is 5.00 Å². The number of nitrogens with one attached hydrogen (secondary N) is 1. The highest BCUT2D eigenvalue weighted by Crippen LogP contribution is 2.34. The lowest BCUT2D eigenvalue weighted by atomic mass is 10.1. The van der Waals surface area contributed by atoms with Gasteiger partial charge in [-0.3, -0.25) is 14.9 Å². The van der Waals surface area contributed by atoms with Crippen LogP contribution in [0.5, 0.6) is 0 Å². The van der Waals surface area contributed by atoms with Crippen molar-refractivity contribution in [2.75, 3.05) is 5.32 Å². The van der Waals surface area contributed by atoms with Gasteiger partial charge in [-0.2, -0.15) is 0 Å². The van der Waals surface area contributed by atoms with Crippen molar-refractivity contribution in [2.45, 2.75) is 40.7 Å². The summed E-state index contributed by atoms with van der Waals surface area (Å²) in [6.07, 6.45) is -0.287. The van der Waals surface area contributed by atoms with Crippen LogP contribution in [-0.2, 0) is 4.74 Å². The van der Waals surface area contributed by atoms with Crippen LogP contribution in [0.25, 0.3) is 0 Å². The molecule has 1 heterocycles. The number of anilines is 1. The molecule has 8 heteroatoms. The summed E-state index contributed by atoms with van der Waals surface area (Å²) in [5.74, 6) is -1.01. The highest BCUT2D eigenvalue weighted by Gasteiger charge is 2.25. The fourth-order valence-electron chi connectivity index (χ4n) is 2.47. The Kier molecular flexibility index (Phi) is 5.76. The van der Waals surface area contributed by atoms with Gasteiger partial charge in [0, 0.05) is 22.1 Å². The largest absolute Gasteiger partial charge is 0.459 e. The maximum atomic E-state index is 12.6. The molecule has 0 fully saturated rings. The zero-order valence-electron chi connectivity index (χ0n) is 15.2. The first-order valence-electron chi connectivity index (χ1n) is 7.99. The molecule has 0 aliphatic rings. The van der Waals surface area contributed by atoms with Gasteiger partial charge in [-0.25, -0.2) is 4.79 Å². The van der Waals surface area contributed by atoms with Crippen LogP contribution in [-0.4, -0.2) is 22.9 Å². The minimum atomic E-state index is -0.531. The normalized spacial score (nSPS) is 10.7. The summed E-state index contributed by atoms with van der Waals surface area (Å²) in [4.78, 5) is 36.4. The number of carbonyl (C=O) groups excluding carboxylic acids is 2. The number of carbonyl (C=O) groups is 2. The summed E-state index contributed by atoms with van der Waals surface area (Å²) >= 11 is 1.27. The van der Waals surface area contributed by atoms with E-state index in [1.807, 2.05) is 6.92 Å². The minimum Gasteiger partial charge on any atom is -0.459 e. The van der Waals surface area contributed by atoms with Crippen LogP contribution >= 0.6 is 11.3 Å². The van der Waals surface area contributed by atoms with E-state index in [1.165, 1.54) is 36.5 Å². The van der Waals surface area contributed by atoms with E-state index in [1.54, 1.807) is 20.8 Å². The van der Waals surface area contributed by atoms with Crippen molar-refractivity contribution >= 4 is 33.9 Å². The molecule has 0 bridgehead atoms. The third-order valence-corrected chi connectivity index (χ3v) is 5.03. The summed E-state index contributed by atoms with van der Waals surface area (Å²) in [7, 11) is 0. The summed E-state index contributed by atoms with van der Waals surface area (Å²) < 4.78 is 5.26. The van der Waals surface area contributed by atoms with Crippen molar-refractivity contribution in [1.82, 2.24) is 0 Å². The molecule has 1 aromatic heterocycles. The first kappa shape index (κ1) is 19.6. The number of esters is 1. The second-order valence-electron chi connectivity index (χ2n) is 6.10. The van der Waals surface area contributed by atoms with Gasteiger partial charge in [-0.1, -0.05) is 6.07 Å². The number of aryl methyl sites for hydroxylation is 1. The number of rotatable bonds is 5. The van der Waals surface area contributed by atoms with E-state index in [9.17, 15) is 19.7 Å². The van der Waals surface area contributed by atoms with Gasteiger partial charge in [0.25, 0.3) is 11.6 Å². The molecule has 138 valence electrons. The van der Waals surface area contributed by atoms with Crippen LogP contribution in [0, 0.1) is 30.9 Å². The number of hydrogen-bond acceptors (Lipinski definition) is 6. The molecule has 2 rings (SSSR count). The van der Waals surface area contributed by atoms with Gasteiger partial charge in [-0.05, 0) is 46.2 Å². The number of thiophene rings is 1. The van der Waals surface area contributed by atoms with Crippen LogP contribution in [0.15, 0.2) is 18.2 Å². The molecule has 1 N–H and O–H groups in total. The second kappa shape index (κ2) is 7.65. The Morgan fingerprint density at radius 2 is 1.85 bits per heavy atom. The molecule has 0 saturated heterocycles. The first-order chi connectivity index (χ1) is 12.1. The Morgan fingerprint density at radius 1 is 1.19 bits per heavy atom. The van der Waals surface area contributed by atoms with E-state index >= 15 is 0 Å². The monoisotopic (exact) mass is 376 g/mol. The van der Waals surface area contributed by atoms with E-state index < -0.39 is 16.8 Å². The number of nitro groups is 1. The fourth-order valence-corrected chi connectivity index (χ4v) is 3.52. The van der Waals surface area contributed by atoms with Crippen LogP contribution in [0.3, 0.4) is 0 Å². The van der Waals surface area contributed by atoms with Crippen molar-refractivity contribution in [1.29, 1.82) is 0 Å². The summed E-state index contributed by atoms with van der Waals surface area (Å²) in [6, 6.07) is 4.31. The fraction of sp³-hybridized carbons (Fsp3) is 0.333. The zero-order valence-corrected chi connectivity index (χ0v) is 16.0. The molecule has 1 aromatic carbocycles. The molecule has 0 unspecified atom stereocenters. The molecule has 0 saturated carbocycles. The average molecular weight is 376 g/mol. The topological polar surface area (TPSA) is 98.5 Å². The van der Waals surface area contributed by atoms with Crippen molar-refractivity contribution in [3.63, 3.8) is 0 Å². The standard InChI is InChI=1S/C18H20N2O5S/c1-9(2)25-18(22)15-10(3)12(5)26-17(15)19-16(21)13-7-6-8-14(11(13)4)20(23)24/h6-9H,1-5H3,(H,19,21). The molecule has 0 spiro atoms. The van der Waals surface area contributed by atoms with Gasteiger partial charge < -0.3 is 10.1 Å². The smallest absolute Gasteiger partial charge is 0.341 e. The molecule has 0 aliphatic carbocycles. The highest BCUT2D eigenvalue weighted by atomic mass is 32.1. The van der Waals surface area contributed by atoms with Gasteiger partial charge in [-0.15, -0.1) is 11.3 Å². The SMILES string of the molecule is Cc1sc(NC(=O)c2cccc([N+](=O)[O-])c2C)c(C(=O)OC(C)C)c1C. The second-order valence-corrected chi connectivity index (χ2v) is 7.33. The third kappa shape index (κ3) is 3.91.